The molecule has 0 unspecified atom stereocenters. The van der Waals surface area contributed by atoms with E-state index < -0.39 is 0 Å². The monoisotopic (exact) mass is 502 g/mol. The molecule has 2 aliphatic rings. The van der Waals surface area contributed by atoms with Crippen LogP contribution in [0.5, 0.6) is 0 Å². The van der Waals surface area contributed by atoms with Gasteiger partial charge in [0, 0.05) is 44.4 Å². The number of benzene rings is 1. The van der Waals surface area contributed by atoms with Gasteiger partial charge in [-0.25, -0.2) is 9.78 Å². The van der Waals surface area contributed by atoms with Gasteiger partial charge >= 0.3 is 6.09 Å². The van der Waals surface area contributed by atoms with Crippen LogP contribution in [-0.4, -0.2) is 75.1 Å². The molecule has 0 saturated carbocycles. The fraction of sp³-hybridized carbons (Fsp3) is 0.500. The van der Waals surface area contributed by atoms with Gasteiger partial charge < -0.3 is 14.5 Å². The number of hydrogen-bond acceptors (Lipinski definition) is 7. The number of hydrogen-bond donors (Lipinski definition) is 0. The highest BCUT2D eigenvalue weighted by Gasteiger charge is 2.28. The standard InChI is InChI=1S/C24H30N4O4S2/c1-3-32-24(31)27-13-11-26(12-14-27)20(29)16-33-23-25-19-15-17(2)34-21(19)22(30)28(23)10-9-18-7-5-4-6-8-18/h4-8,17H,3,9-16H2,1-2H3/t17-/m1/s1. The molecule has 0 spiro atoms. The number of piperazine rings is 1. The van der Waals surface area contributed by atoms with E-state index in [1.54, 1.807) is 33.1 Å². The molecule has 2 aromatic rings. The van der Waals surface area contributed by atoms with Crippen LogP contribution in [0.25, 0.3) is 0 Å². The second-order valence-corrected chi connectivity index (χ2v) is 10.7. The van der Waals surface area contributed by atoms with Crippen molar-refractivity contribution in [1.29, 1.82) is 0 Å². The van der Waals surface area contributed by atoms with Gasteiger partial charge in [-0.3, -0.25) is 14.2 Å². The number of carbonyl (C=O) groups is 2. The lowest BCUT2D eigenvalue weighted by molar-refractivity contribution is -0.129. The number of rotatable bonds is 7. The number of aryl methyl sites for hydroxylation is 1. The molecule has 0 N–H and O–H groups in total. The van der Waals surface area contributed by atoms with Gasteiger partial charge in [0.05, 0.1) is 22.9 Å². The Hall–Kier alpha value is -2.46. The third-order valence-electron chi connectivity index (χ3n) is 5.91. The largest absolute Gasteiger partial charge is 0.450 e. The molecule has 34 heavy (non-hydrogen) atoms. The zero-order valence-corrected chi connectivity index (χ0v) is 21.2. The van der Waals surface area contributed by atoms with E-state index in [0.717, 1.165) is 29.0 Å². The third kappa shape index (κ3) is 5.78. The van der Waals surface area contributed by atoms with E-state index >= 15 is 0 Å². The first kappa shape index (κ1) is 24.7. The Morgan fingerprint density at radius 3 is 2.56 bits per heavy atom. The molecule has 4 rings (SSSR count). The fourth-order valence-corrected chi connectivity index (χ4v) is 6.15. The lowest BCUT2D eigenvalue weighted by Crippen LogP contribution is -2.51. The van der Waals surface area contributed by atoms with Crippen LogP contribution < -0.4 is 5.56 Å². The Balaban J connectivity index is 1.43. The predicted octanol–water partition coefficient (Wildman–Crippen LogP) is 2.92. The summed E-state index contributed by atoms with van der Waals surface area (Å²) in [6.07, 6.45) is 1.16. The Morgan fingerprint density at radius 2 is 1.85 bits per heavy atom. The van der Waals surface area contributed by atoms with Crippen LogP contribution in [-0.2, 0) is 28.9 Å². The molecule has 0 aliphatic carbocycles. The zero-order chi connectivity index (χ0) is 24.1. The first-order chi connectivity index (χ1) is 16.5. The molecule has 1 aromatic carbocycles. The first-order valence-electron chi connectivity index (χ1n) is 11.6. The molecule has 0 bridgehead atoms. The molecule has 1 aromatic heterocycles. The van der Waals surface area contributed by atoms with Gasteiger partial charge in [0.25, 0.3) is 5.56 Å². The number of ether oxygens (including phenoxy) is 1. The average Bonchev–Trinajstić information content (AvgIpc) is 3.23. The fourth-order valence-electron chi connectivity index (χ4n) is 4.10. The van der Waals surface area contributed by atoms with Gasteiger partial charge in [0.15, 0.2) is 5.16 Å². The maximum atomic E-state index is 13.3. The van der Waals surface area contributed by atoms with Crippen LogP contribution in [0.2, 0.25) is 0 Å². The summed E-state index contributed by atoms with van der Waals surface area (Å²) in [6.45, 7) is 6.62. The predicted molar refractivity (Wildman–Crippen MR) is 134 cm³/mol. The summed E-state index contributed by atoms with van der Waals surface area (Å²) in [7, 11) is 0. The van der Waals surface area contributed by atoms with Gasteiger partial charge in [-0.05, 0) is 18.9 Å². The third-order valence-corrected chi connectivity index (χ3v) is 8.09. The number of amides is 2. The number of thioether (sulfide) groups is 2. The summed E-state index contributed by atoms with van der Waals surface area (Å²) in [5, 5.41) is 0.934. The van der Waals surface area contributed by atoms with E-state index in [0.29, 0.717) is 49.7 Å². The van der Waals surface area contributed by atoms with Crippen molar-refractivity contribution in [2.24, 2.45) is 0 Å². The van der Waals surface area contributed by atoms with Crippen LogP contribution in [0.15, 0.2) is 45.2 Å². The Kier molecular flexibility index (Phi) is 8.20. The number of aromatic nitrogens is 2. The van der Waals surface area contributed by atoms with Crippen molar-refractivity contribution in [2.75, 3.05) is 38.5 Å². The summed E-state index contributed by atoms with van der Waals surface area (Å²) >= 11 is 2.92. The maximum absolute atomic E-state index is 13.3. The van der Waals surface area contributed by atoms with Crippen LogP contribution in [0.3, 0.4) is 0 Å². The zero-order valence-electron chi connectivity index (χ0n) is 19.6. The molecule has 182 valence electrons. The van der Waals surface area contributed by atoms with Crippen molar-refractivity contribution in [3.63, 3.8) is 0 Å². The summed E-state index contributed by atoms with van der Waals surface area (Å²) in [6, 6.07) is 10.1. The molecule has 2 aliphatic heterocycles. The SMILES string of the molecule is CCOC(=O)N1CCN(C(=O)CSc2nc3c(c(=O)n2CCc2ccccc2)S[C@H](C)C3)CC1. The summed E-state index contributed by atoms with van der Waals surface area (Å²) in [5.74, 6) is 0.194. The van der Waals surface area contributed by atoms with Crippen LogP contribution in [0, 0.1) is 0 Å². The van der Waals surface area contributed by atoms with Crippen LogP contribution in [0.4, 0.5) is 4.79 Å². The average molecular weight is 503 g/mol. The Bertz CT molecular complexity index is 1080. The molecular formula is C24H30N4O4S2. The maximum Gasteiger partial charge on any atom is 0.409 e. The van der Waals surface area contributed by atoms with Crippen molar-refractivity contribution in [3.8, 4) is 0 Å². The normalized spacial score (nSPS) is 17.5. The molecule has 2 amide bonds. The lowest BCUT2D eigenvalue weighted by atomic mass is 10.1. The Labute approximate surface area is 208 Å². The highest BCUT2D eigenvalue weighted by Crippen LogP contribution is 2.34. The van der Waals surface area contributed by atoms with Crippen LogP contribution in [0.1, 0.15) is 25.1 Å². The molecule has 1 atom stereocenters. The molecular weight excluding hydrogens is 472 g/mol. The molecule has 10 heteroatoms. The van der Waals surface area contributed by atoms with E-state index in [1.807, 2.05) is 18.2 Å². The van der Waals surface area contributed by atoms with Crippen molar-refractivity contribution in [1.82, 2.24) is 19.4 Å². The summed E-state index contributed by atoms with van der Waals surface area (Å²) in [5.41, 5.74) is 1.99. The van der Waals surface area contributed by atoms with E-state index in [2.05, 4.69) is 19.1 Å². The molecule has 1 saturated heterocycles. The molecule has 3 heterocycles. The van der Waals surface area contributed by atoms with Gasteiger partial charge in [-0.2, -0.15) is 0 Å². The van der Waals surface area contributed by atoms with Crippen molar-refractivity contribution < 1.29 is 14.3 Å². The number of nitrogens with zero attached hydrogens (tertiary/aromatic N) is 4. The van der Waals surface area contributed by atoms with Crippen molar-refractivity contribution in [2.45, 2.75) is 48.5 Å². The number of fused-ring (bicyclic) bond motifs is 1. The van der Waals surface area contributed by atoms with Gasteiger partial charge in [-0.1, -0.05) is 49.0 Å². The minimum atomic E-state index is -0.333. The smallest absolute Gasteiger partial charge is 0.409 e. The van der Waals surface area contributed by atoms with E-state index in [1.165, 1.54) is 11.8 Å². The highest BCUT2D eigenvalue weighted by molar-refractivity contribution is 8.00. The number of carbonyl (C=O) groups excluding carboxylic acids is 2. The summed E-state index contributed by atoms with van der Waals surface area (Å²) < 4.78 is 6.77. The van der Waals surface area contributed by atoms with Crippen molar-refractivity contribution in [3.05, 3.63) is 51.9 Å². The van der Waals surface area contributed by atoms with Crippen molar-refractivity contribution >= 4 is 35.5 Å². The topological polar surface area (TPSA) is 84.7 Å². The minimum absolute atomic E-state index is 0.00622. The van der Waals surface area contributed by atoms with Gasteiger partial charge in [0.1, 0.15) is 0 Å². The second-order valence-electron chi connectivity index (χ2n) is 8.35. The highest BCUT2D eigenvalue weighted by atomic mass is 32.2. The van der Waals surface area contributed by atoms with E-state index in [4.69, 9.17) is 9.72 Å². The molecule has 8 nitrogen and oxygen atoms in total. The summed E-state index contributed by atoms with van der Waals surface area (Å²) in [4.78, 5) is 47.0. The Morgan fingerprint density at radius 1 is 1.15 bits per heavy atom. The first-order valence-corrected chi connectivity index (χ1v) is 13.5. The minimum Gasteiger partial charge on any atom is -0.450 e. The van der Waals surface area contributed by atoms with E-state index in [9.17, 15) is 14.4 Å². The quantitative estimate of drug-likeness (QED) is 0.425. The second kappa shape index (κ2) is 11.3. The van der Waals surface area contributed by atoms with Gasteiger partial charge in [0.2, 0.25) is 5.91 Å². The van der Waals surface area contributed by atoms with Gasteiger partial charge in [-0.15, -0.1) is 11.8 Å². The molecule has 1 fully saturated rings. The van der Waals surface area contributed by atoms with E-state index in [-0.39, 0.29) is 23.3 Å². The van der Waals surface area contributed by atoms with Crippen LogP contribution >= 0.6 is 23.5 Å². The molecule has 0 radical (unpaired) electrons. The lowest BCUT2D eigenvalue weighted by Gasteiger charge is -2.34.